The molecule has 1 spiro atoms. The van der Waals surface area contributed by atoms with Crippen molar-refractivity contribution in [2.24, 2.45) is 11.3 Å². The summed E-state index contributed by atoms with van der Waals surface area (Å²) < 4.78 is 0. The number of carbonyl (C=O) groups excluding carboxylic acids is 1. The molecule has 0 unspecified atom stereocenters. The van der Waals surface area contributed by atoms with Crippen molar-refractivity contribution in [2.45, 2.75) is 38.6 Å². The number of nitrogens with one attached hydrogen (secondary N) is 1. The van der Waals surface area contributed by atoms with Crippen molar-refractivity contribution in [3.05, 3.63) is 29.1 Å². The van der Waals surface area contributed by atoms with Crippen LogP contribution in [0.25, 0.3) is 0 Å². The molecule has 2 N–H and O–H groups in total. The van der Waals surface area contributed by atoms with Gasteiger partial charge in [0.05, 0.1) is 11.3 Å². The van der Waals surface area contributed by atoms with E-state index < -0.39 is 5.91 Å². The monoisotopic (exact) mass is 348 g/mol. The first-order valence-corrected chi connectivity index (χ1v) is 9.40. The topological polar surface area (TPSA) is 68.7 Å². The highest BCUT2D eigenvalue weighted by Gasteiger charge is 2.45. The lowest BCUT2D eigenvalue weighted by atomic mass is 9.57. The molecule has 2 fully saturated rings. The van der Waals surface area contributed by atoms with E-state index in [0.29, 0.717) is 11.0 Å². The van der Waals surface area contributed by atoms with Crippen LogP contribution < -0.4 is 5.48 Å². The first kappa shape index (κ1) is 16.9. The third kappa shape index (κ3) is 3.43. The number of hydrogen-bond donors (Lipinski definition) is 2. The SMILES string of the molecule is CN1CCC2(CC1)CC(CN1CCc3cc(C(=O)NO)cnc3C1)C2.[HH].[HH]. The molecule has 1 aromatic rings. The van der Waals surface area contributed by atoms with Gasteiger partial charge in [-0.2, -0.15) is 0 Å². The molecule has 0 aromatic carbocycles. The Bertz CT molecular complexity index is 657. The quantitative estimate of drug-likeness (QED) is 0.647. The van der Waals surface area contributed by atoms with Gasteiger partial charge in [-0.3, -0.25) is 19.9 Å². The zero-order chi connectivity index (χ0) is 17.4. The molecule has 4 rings (SSSR count). The molecule has 2 aliphatic heterocycles. The highest BCUT2D eigenvalue weighted by molar-refractivity contribution is 5.93. The first-order chi connectivity index (χ1) is 12.1. The lowest BCUT2D eigenvalue weighted by Crippen LogP contribution is -2.49. The van der Waals surface area contributed by atoms with Crippen molar-refractivity contribution in [1.29, 1.82) is 0 Å². The molecule has 140 valence electrons. The van der Waals surface area contributed by atoms with Crippen LogP contribution in [0.3, 0.4) is 0 Å². The number of aromatic nitrogens is 1. The van der Waals surface area contributed by atoms with Crippen molar-refractivity contribution in [2.75, 3.05) is 33.2 Å². The van der Waals surface area contributed by atoms with E-state index in [1.165, 1.54) is 45.3 Å². The summed E-state index contributed by atoms with van der Waals surface area (Å²) in [7, 11) is 2.23. The molecular weight excluding hydrogens is 316 g/mol. The van der Waals surface area contributed by atoms with Gasteiger partial charge in [0.15, 0.2) is 0 Å². The minimum atomic E-state index is -0.490. The summed E-state index contributed by atoms with van der Waals surface area (Å²) in [6, 6.07) is 1.86. The molecule has 25 heavy (non-hydrogen) atoms. The van der Waals surface area contributed by atoms with Gasteiger partial charge in [0.25, 0.3) is 5.91 Å². The Hall–Kier alpha value is -1.50. The van der Waals surface area contributed by atoms with Crippen LogP contribution in [0.1, 0.15) is 50.2 Å². The van der Waals surface area contributed by atoms with E-state index in [9.17, 15) is 4.79 Å². The van der Waals surface area contributed by atoms with Crippen LogP contribution >= 0.6 is 0 Å². The molecule has 1 aliphatic carbocycles. The number of amides is 1. The highest BCUT2D eigenvalue weighted by Crippen LogP contribution is 2.52. The second-order valence-electron chi connectivity index (χ2n) is 8.33. The summed E-state index contributed by atoms with van der Waals surface area (Å²) in [5.41, 5.74) is 4.97. The van der Waals surface area contributed by atoms with Gasteiger partial charge >= 0.3 is 0 Å². The average Bonchev–Trinajstić information content (AvgIpc) is 2.61. The van der Waals surface area contributed by atoms with Crippen LogP contribution in [-0.4, -0.2) is 59.1 Å². The van der Waals surface area contributed by atoms with Crippen LogP contribution in [0.4, 0.5) is 0 Å². The molecule has 1 saturated carbocycles. The molecule has 0 bridgehead atoms. The maximum atomic E-state index is 11.5. The van der Waals surface area contributed by atoms with Crippen LogP contribution in [-0.2, 0) is 13.0 Å². The maximum Gasteiger partial charge on any atom is 0.276 e. The minimum absolute atomic E-state index is 0. The highest BCUT2D eigenvalue weighted by atomic mass is 16.5. The van der Waals surface area contributed by atoms with E-state index in [1.54, 1.807) is 11.7 Å². The van der Waals surface area contributed by atoms with Crippen LogP contribution in [0.2, 0.25) is 0 Å². The van der Waals surface area contributed by atoms with Gasteiger partial charge in [-0.15, -0.1) is 0 Å². The lowest BCUT2D eigenvalue weighted by molar-refractivity contribution is -0.0224. The third-order valence-electron chi connectivity index (χ3n) is 6.50. The Morgan fingerprint density at radius 3 is 2.88 bits per heavy atom. The molecule has 1 aromatic heterocycles. The van der Waals surface area contributed by atoms with Gasteiger partial charge in [-0.05, 0) is 75.2 Å². The summed E-state index contributed by atoms with van der Waals surface area (Å²) in [5.74, 6) is 0.347. The number of rotatable bonds is 3. The Morgan fingerprint density at radius 2 is 2.16 bits per heavy atom. The largest absolute Gasteiger partial charge is 0.306 e. The van der Waals surface area contributed by atoms with Crippen molar-refractivity contribution in [1.82, 2.24) is 20.3 Å². The maximum absolute atomic E-state index is 11.5. The van der Waals surface area contributed by atoms with Gasteiger partial charge in [-0.25, -0.2) is 5.48 Å². The standard InChI is InChI=1S/C19H28N4O2.2H2/c1-22-6-3-19(4-7-22)9-14(10-19)12-23-5-2-15-8-16(18(24)21-25)11-20-17(15)13-23;;/h8,11,14,25H,2-7,9-10,12-13H2,1H3,(H,21,24);2*1H. The molecule has 6 heteroatoms. The number of hydrogen-bond acceptors (Lipinski definition) is 5. The number of carbonyl (C=O) groups is 1. The first-order valence-electron chi connectivity index (χ1n) is 9.40. The third-order valence-corrected chi connectivity index (χ3v) is 6.50. The Balaban J connectivity index is 0.00000131. The lowest BCUT2D eigenvalue weighted by Gasteiger charge is -2.53. The number of nitrogens with zero attached hydrogens (tertiary/aromatic N) is 3. The van der Waals surface area contributed by atoms with Crippen molar-refractivity contribution in [3.63, 3.8) is 0 Å². The fourth-order valence-corrected chi connectivity index (χ4v) is 4.97. The predicted octanol–water partition coefficient (Wildman–Crippen LogP) is 2.17. The summed E-state index contributed by atoms with van der Waals surface area (Å²) >= 11 is 0. The molecule has 0 radical (unpaired) electrons. The summed E-state index contributed by atoms with van der Waals surface area (Å²) in [6.07, 6.45) is 8.03. The second-order valence-corrected chi connectivity index (χ2v) is 8.33. The van der Waals surface area contributed by atoms with Crippen molar-refractivity contribution in [3.8, 4) is 0 Å². The number of piperidine rings is 1. The minimum Gasteiger partial charge on any atom is -0.306 e. The van der Waals surface area contributed by atoms with Gasteiger partial charge in [0, 0.05) is 28.7 Å². The average molecular weight is 348 g/mol. The van der Waals surface area contributed by atoms with Gasteiger partial charge in [0.1, 0.15) is 0 Å². The Labute approximate surface area is 152 Å². The number of likely N-dealkylation sites (tertiary alicyclic amines) is 1. The molecule has 1 saturated heterocycles. The fourth-order valence-electron chi connectivity index (χ4n) is 4.97. The Morgan fingerprint density at radius 1 is 1.40 bits per heavy atom. The van der Waals surface area contributed by atoms with E-state index in [0.717, 1.165) is 36.7 Å². The van der Waals surface area contributed by atoms with E-state index >= 15 is 0 Å². The molecule has 1 amide bonds. The van der Waals surface area contributed by atoms with Gasteiger partial charge in [0.2, 0.25) is 0 Å². The normalized spacial score (nSPS) is 23.9. The molecule has 3 aliphatic rings. The van der Waals surface area contributed by atoms with E-state index in [2.05, 4.69) is 21.8 Å². The van der Waals surface area contributed by atoms with Gasteiger partial charge in [-0.1, -0.05) is 0 Å². The molecule has 3 heterocycles. The zero-order valence-electron chi connectivity index (χ0n) is 15.0. The zero-order valence-corrected chi connectivity index (χ0v) is 15.0. The van der Waals surface area contributed by atoms with E-state index in [4.69, 9.17) is 5.21 Å². The Kier molecular flexibility index (Phi) is 4.52. The second kappa shape index (κ2) is 6.67. The molecule has 6 nitrogen and oxygen atoms in total. The number of hydroxylamine groups is 1. The van der Waals surface area contributed by atoms with E-state index in [1.807, 2.05) is 6.07 Å². The summed E-state index contributed by atoms with van der Waals surface area (Å²) in [5, 5.41) is 8.75. The summed E-state index contributed by atoms with van der Waals surface area (Å²) in [6.45, 7) is 5.61. The molecule has 0 atom stereocenters. The van der Waals surface area contributed by atoms with Crippen LogP contribution in [0, 0.1) is 11.3 Å². The van der Waals surface area contributed by atoms with Crippen LogP contribution in [0.15, 0.2) is 12.3 Å². The fraction of sp³-hybridized carbons (Fsp3) is 0.684. The number of fused-ring (bicyclic) bond motifs is 1. The van der Waals surface area contributed by atoms with Crippen molar-refractivity contribution < 1.29 is 12.9 Å². The smallest absolute Gasteiger partial charge is 0.276 e. The van der Waals surface area contributed by atoms with Gasteiger partial charge < -0.3 is 4.90 Å². The van der Waals surface area contributed by atoms with E-state index in [-0.39, 0.29) is 2.85 Å². The van der Waals surface area contributed by atoms with Crippen LogP contribution in [0.5, 0.6) is 0 Å². The molecular formula is C19H32N4O2. The number of pyridine rings is 1. The van der Waals surface area contributed by atoms with Crippen molar-refractivity contribution >= 4 is 5.91 Å². The summed E-state index contributed by atoms with van der Waals surface area (Å²) in [4.78, 5) is 20.9. The predicted molar refractivity (Wildman–Crippen MR) is 98.6 cm³/mol.